The smallest absolute Gasteiger partial charge is 0.262 e. The van der Waals surface area contributed by atoms with Gasteiger partial charge in [0.15, 0.2) is 6.61 Å². The fourth-order valence-corrected chi connectivity index (χ4v) is 2.09. The number of aryl methyl sites for hydroxylation is 1. The number of hydrogen-bond acceptors (Lipinski definition) is 2. The Kier molecular flexibility index (Phi) is 5.40. The van der Waals surface area contributed by atoms with Gasteiger partial charge in [-0.05, 0) is 71.0 Å². The number of ether oxygens (including phenoxy) is 1. The summed E-state index contributed by atoms with van der Waals surface area (Å²) in [6.45, 7) is 2.10. The predicted octanol–water partition coefficient (Wildman–Crippen LogP) is 3.87. The summed E-state index contributed by atoms with van der Waals surface area (Å²) in [6, 6.07) is 15.4. The third-order valence-electron chi connectivity index (χ3n) is 2.80. The Balaban J connectivity index is 1.87. The van der Waals surface area contributed by atoms with Gasteiger partial charge in [-0.1, -0.05) is 19.1 Å². The zero-order valence-electron chi connectivity index (χ0n) is 11.2. The molecule has 3 nitrogen and oxygen atoms in total. The third-order valence-corrected chi connectivity index (χ3v) is 3.52. The highest BCUT2D eigenvalue weighted by Gasteiger charge is 2.04. The standard InChI is InChI=1S/C16H16INO2/c1-2-12-4-3-5-15(10-12)20-11-16(19)18-14-8-6-13(17)7-9-14/h3-10H,2,11H2,1H3,(H,18,19). The SMILES string of the molecule is CCc1cccc(OCC(=O)Nc2ccc(I)cc2)c1. The number of benzene rings is 2. The summed E-state index contributed by atoms with van der Waals surface area (Å²) in [6.07, 6.45) is 0.950. The highest BCUT2D eigenvalue weighted by molar-refractivity contribution is 14.1. The topological polar surface area (TPSA) is 38.3 Å². The maximum absolute atomic E-state index is 11.8. The van der Waals surface area contributed by atoms with E-state index in [4.69, 9.17) is 4.74 Å². The van der Waals surface area contributed by atoms with Crippen LogP contribution in [0.25, 0.3) is 0 Å². The van der Waals surface area contributed by atoms with Crippen molar-refractivity contribution in [2.75, 3.05) is 11.9 Å². The van der Waals surface area contributed by atoms with E-state index in [1.54, 1.807) is 0 Å². The number of carbonyl (C=O) groups excluding carboxylic acids is 1. The highest BCUT2D eigenvalue weighted by atomic mass is 127. The summed E-state index contributed by atoms with van der Waals surface area (Å²) in [5.74, 6) is 0.565. The van der Waals surface area contributed by atoms with Crippen molar-refractivity contribution < 1.29 is 9.53 Å². The van der Waals surface area contributed by atoms with Crippen LogP contribution in [0.3, 0.4) is 0 Å². The van der Waals surface area contributed by atoms with Gasteiger partial charge in [-0.25, -0.2) is 0 Å². The molecule has 0 aliphatic rings. The fraction of sp³-hybridized carbons (Fsp3) is 0.188. The van der Waals surface area contributed by atoms with Crippen molar-refractivity contribution in [3.05, 3.63) is 57.7 Å². The van der Waals surface area contributed by atoms with Gasteiger partial charge in [0.05, 0.1) is 0 Å². The summed E-state index contributed by atoms with van der Waals surface area (Å²) < 4.78 is 6.63. The molecule has 0 aromatic heterocycles. The highest BCUT2D eigenvalue weighted by Crippen LogP contribution is 2.14. The zero-order valence-corrected chi connectivity index (χ0v) is 13.4. The van der Waals surface area contributed by atoms with Crippen LogP contribution in [0, 0.1) is 3.57 Å². The molecule has 0 atom stereocenters. The van der Waals surface area contributed by atoms with E-state index in [9.17, 15) is 4.79 Å². The molecule has 0 aliphatic heterocycles. The minimum atomic E-state index is -0.159. The molecule has 2 rings (SSSR count). The van der Waals surface area contributed by atoms with Crippen LogP contribution in [-0.2, 0) is 11.2 Å². The second-order valence-electron chi connectivity index (χ2n) is 4.34. The third kappa shape index (κ3) is 4.52. The molecule has 0 aliphatic carbocycles. The predicted molar refractivity (Wildman–Crippen MR) is 89.1 cm³/mol. The first kappa shape index (κ1) is 14.8. The van der Waals surface area contributed by atoms with Crippen molar-refractivity contribution in [1.82, 2.24) is 0 Å². The monoisotopic (exact) mass is 381 g/mol. The summed E-state index contributed by atoms with van der Waals surface area (Å²) in [5.41, 5.74) is 1.97. The van der Waals surface area contributed by atoms with Gasteiger partial charge in [0.1, 0.15) is 5.75 Å². The van der Waals surface area contributed by atoms with E-state index in [0.29, 0.717) is 0 Å². The van der Waals surface area contributed by atoms with Crippen molar-refractivity contribution in [2.24, 2.45) is 0 Å². The number of amides is 1. The molecule has 0 fully saturated rings. The molecule has 2 aromatic carbocycles. The Morgan fingerprint density at radius 2 is 1.95 bits per heavy atom. The largest absolute Gasteiger partial charge is 0.484 e. The second-order valence-corrected chi connectivity index (χ2v) is 5.59. The molecular formula is C16H16INO2. The minimum Gasteiger partial charge on any atom is -0.484 e. The average Bonchev–Trinajstić information content (AvgIpc) is 2.48. The lowest BCUT2D eigenvalue weighted by atomic mass is 10.2. The van der Waals surface area contributed by atoms with E-state index < -0.39 is 0 Å². The Morgan fingerprint density at radius 1 is 1.20 bits per heavy atom. The quantitative estimate of drug-likeness (QED) is 0.799. The summed E-state index contributed by atoms with van der Waals surface area (Å²) in [4.78, 5) is 11.8. The summed E-state index contributed by atoms with van der Waals surface area (Å²) >= 11 is 2.22. The summed E-state index contributed by atoms with van der Waals surface area (Å²) in [7, 11) is 0. The van der Waals surface area contributed by atoms with Crippen LogP contribution in [0.5, 0.6) is 5.75 Å². The Morgan fingerprint density at radius 3 is 2.65 bits per heavy atom. The maximum Gasteiger partial charge on any atom is 0.262 e. The summed E-state index contributed by atoms with van der Waals surface area (Å²) in [5, 5.41) is 2.80. The Bertz CT molecular complexity index is 581. The number of rotatable bonds is 5. The van der Waals surface area contributed by atoms with Crippen LogP contribution in [0.2, 0.25) is 0 Å². The molecular weight excluding hydrogens is 365 g/mol. The van der Waals surface area contributed by atoms with Crippen LogP contribution >= 0.6 is 22.6 Å². The van der Waals surface area contributed by atoms with E-state index in [2.05, 4.69) is 34.8 Å². The van der Waals surface area contributed by atoms with Gasteiger partial charge in [-0.15, -0.1) is 0 Å². The molecule has 0 saturated heterocycles. The van der Waals surface area contributed by atoms with Crippen molar-refractivity contribution in [3.8, 4) is 5.75 Å². The van der Waals surface area contributed by atoms with E-state index in [0.717, 1.165) is 21.4 Å². The van der Waals surface area contributed by atoms with Crippen LogP contribution in [-0.4, -0.2) is 12.5 Å². The van der Waals surface area contributed by atoms with Crippen molar-refractivity contribution in [1.29, 1.82) is 0 Å². The normalized spacial score (nSPS) is 10.1. The van der Waals surface area contributed by atoms with Crippen LogP contribution in [0.4, 0.5) is 5.69 Å². The lowest BCUT2D eigenvalue weighted by Gasteiger charge is -2.08. The molecule has 0 saturated carbocycles. The Hall–Kier alpha value is -1.56. The van der Waals surface area contributed by atoms with Gasteiger partial charge in [-0.3, -0.25) is 4.79 Å². The number of hydrogen-bond donors (Lipinski definition) is 1. The number of carbonyl (C=O) groups is 1. The zero-order chi connectivity index (χ0) is 14.4. The molecule has 0 spiro atoms. The van der Waals surface area contributed by atoms with Crippen molar-refractivity contribution >= 4 is 34.2 Å². The van der Waals surface area contributed by atoms with Crippen LogP contribution in [0.15, 0.2) is 48.5 Å². The lowest BCUT2D eigenvalue weighted by molar-refractivity contribution is -0.118. The van der Waals surface area contributed by atoms with Gasteiger partial charge >= 0.3 is 0 Å². The van der Waals surface area contributed by atoms with Gasteiger partial charge in [0, 0.05) is 9.26 Å². The van der Waals surface area contributed by atoms with E-state index in [1.165, 1.54) is 5.56 Å². The van der Waals surface area contributed by atoms with E-state index >= 15 is 0 Å². The van der Waals surface area contributed by atoms with E-state index in [1.807, 2.05) is 48.5 Å². The Labute approximate surface area is 132 Å². The molecule has 20 heavy (non-hydrogen) atoms. The first-order valence-electron chi connectivity index (χ1n) is 6.44. The van der Waals surface area contributed by atoms with Crippen molar-refractivity contribution in [3.63, 3.8) is 0 Å². The fourth-order valence-electron chi connectivity index (χ4n) is 1.73. The molecule has 1 N–H and O–H groups in total. The molecule has 0 radical (unpaired) electrons. The molecule has 4 heteroatoms. The van der Waals surface area contributed by atoms with Crippen LogP contribution < -0.4 is 10.1 Å². The number of anilines is 1. The second kappa shape index (κ2) is 7.28. The van der Waals surface area contributed by atoms with Crippen LogP contribution in [0.1, 0.15) is 12.5 Å². The molecule has 0 unspecified atom stereocenters. The molecule has 104 valence electrons. The van der Waals surface area contributed by atoms with Gasteiger partial charge in [-0.2, -0.15) is 0 Å². The first-order valence-corrected chi connectivity index (χ1v) is 7.52. The maximum atomic E-state index is 11.8. The van der Waals surface area contributed by atoms with Gasteiger partial charge in [0.25, 0.3) is 5.91 Å². The number of halogens is 1. The molecule has 1 amide bonds. The first-order chi connectivity index (χ1) is 9.67. The number of nitrogens with one attached hydrogen (secondary N) is 1. The molecule has 0 heterocycles. The van der Waals surface area contributed by atoms with Crippen molar-refractivity contribution in [2.45, 2.75) is 13.3 Å². The average molecular weight is 381 g/mol. The van der Waals surface area contributed by atoms with Gasteiger partial charge in [0.2, 0.25) is 0 Å². The molecule has 0 bridgehead atoms. The lowest BCUT2D eigenvalue weighted by Crippen LogP contribution is -2.20. The van der Waals surface area contributed by atoms with E-state index in [-0.39, 0.29) is 12.5 Å². The van der Waals surface area contributed by atoms with Gasteiger partial charge < -0.3 is 10.1 Å². The molecule has 2 aromatic rings. The minimum absolute atomic E-state index is 0.0130.